The monoisotopic (exact) mass is 393 g/mol. The summed E-state index contributed by atoms with van der Waals surface area (Å²) in [5.41, 5.74) is -0.118. The molecule has 3 amide bonds. The Bertz CT molecular complexity index is 667. The van der Waals surface area contributed by atoms with E-state index in [-0.39, 0.29) is 18.2 Å². The van der Waals surface area contributed by atoms with Crippen molar-refractivity contribution in [2.24, 2.45) is 0 Å². The quantitative estimate of drug-likeness (QED) is 0.588. The summed E-state index contributed by atoms with van der Waals surface area (Å²) in [6, 6.07) is 5.21. The number of carbonyl (C=O) groups is 3. The first kappa shape index (κ1) is 23.3. The van der Waals surface area contributed by atoms with Crippen molar-refractivity contribution in [3.63, 3.8) is 0 Å². The smallest absolute Gasteiger partial charge is 0.408 e. The summed E-state index contributed by atoms with van der Waals surface area (Å²) in [5.74, 6) is -0.712. The molecule has 0 spiro atoms. The Labute approximate surface area is 166 Å². The SMILES string of the molecule is CCCCNC(=O)C(c1ccc(O)cc1)N(C)C(=O)CNC(=O)OC(C)(C)C. The van der Waals surface area contributed by atoms with Gasteiger partial charge in [-0.15, -0.1) is 0 Å². The molecule has 1 aromatic carbocycles. The van der Waals surface area contributed by atoms with E-state index >= 15 is 0 Å². The fraction of sp³-hybridized carbons (Fsp3) is 0.550. The number of alkyl carbamates (subject to hydrolysis) is 1. The first-order valence-corrected chi connectivity index (χ1v) is 9.34. The molecule has 8 heteroatoms. The van der Waals surface area contributed by atoms with Crippen LogP contribution in [0.25, 0.3) is 0 Å². The maximum Gasteiger partial charge on any atom is 0.408 e. The summed E-state index contributed by atoms with van der Waals surface area (Å²) in [4.78, 5) is 38.3. The van der Waals surface area contributed by atoms with Gasteiger partial charge in [0.2, 0.25) is 11.8 Å². The van der Waals surface area contributed by atoms with Crippen LogP contribution in [0.4, 0.5) is 4.79 Å². The van der Waals surface area contributed by atoms with Gasteiger partial charge in [-0.1, -0.05) is 25.5 Å². The lowest BCUT2D eigenvalue weighted by Crippen LogP contribution is -2.46. The number of phenols is 1. The predicted molar refractivity (Wildman–Crippen MR) is 106 cm³/mol. The number of hydrogen-bond donors (Lipinski definition) is 3. The molecular formula is C20H31N3O5. The van der Waals surface area contributed by atoms with Gasteiger partial charge in [0.15, 0.2) is 0 Å². The predicted octanol–water partition coefficient (Wildman–Crippen LogP) is 2.33. The maximum absolute atomic E-state index is 12.7. The van der Waals surface area contributed by atoms with Crippen molar-refractivity contribution in [2.45, 2.75) is 52.2 Å². The van der Waals surface area contributed by atoms with E-state index in [4.69, 9.17) is 4.74 Å². The second kappa shape index (κ2) is 10.5. The number of benzene rings is 1. The van der Waals surface area contributed by atoms with Gasteiger partial charge in [0.1, 0.15) is 23.9 Å². The second-order valence-corrected chi connectivity index (χ2v) is 7.50. The number of nitrogens with zero attached hydrogens (tertiary/aromatic N) is 1. The van der Waals surface area contributed by atoms with Crippen LogP contribution in [0, 0.1) is 0 Å². The van der Waals surface area contributed by atoms with E-state index in [1.807, 2.05) is 6.92 Å². The molecule has 28 heavy (non-hydrogen) atoms. The van der Waals surface area contributed by atoms with E-state index in [9.17, 15) is 19.5 Å². The van der Waals surface area contributed by atoms with Crippen LogP contribution in [0.3, 0.4) is 0 Å². The van der Waals surface area contributed by atoms with Gasteiger partial charge in [0.05, 0.1) is 0 Å². The van der Waals surface area contributed by atoms with Gasteiger partial charge in [-0.2, -0.15) is 0 Å². The Morgan fingerprint density at radius 3 is 2.29 bits per heavy atom. The van der Waals surface area contributed by atoms with Gasteiger partial charge in [-0.05, 0) is 44.9 Å². The van der Waals surface area contributed by atoms with Crippen LogP contribution in [0.2, 0.25) is 0 Å². The third-order valence-corrected chi connectivity index (χ3v) is 3.85. The first-order chi connectivity index (χ1) is 13.0. The molecule has 1 atom stereocenters. The number of amides is 3. The molecule has 0 aromatic heterocycles. The molecule has 0 radical (unpaired) electrons. The molecular weight excluding hydrogens is 362 g/mol. The number of likely N-dealkylation sites (N-methyl/N-ethyl adjacent to an activating group) is 1. The zero-order valence-corrected chi connectivity index (χ0v) is 17.2. The van der Waals surface area contributed by atoms with Crippen molar-refractivity contribution < 1.29 is 24.2 Å². The van der Waals surface area contributed by atoms with E-state index in [2.05, 4.69) is 10.6 Å². The summed E-state index contributed by atoms with van der Waals surface area (Å²) >= 11 is 0. The Morgan fingerprint density at radius 2 is 1.75 bits per heavy atom. The van der Waals surface area contributed by atoms with Crippen molar-refractivity contribution in [2.75, 3.05) is 20.1 Å². The number of unbranched alkanes of at least 4 members (excludes halogenated alkanes) is 1. The maximum atomic E-state index is 12.7. The summed E-state index contributed by atoms with van der Waals surface area (Å²) in [5, 5.41) is 14.7. The highest BCUT2D eigenvalue weighted by molar-refractivity contribution is 5.90. The molecule has 156 valence electrons. The van der Waals surface area contributed by atoms with E-state index in [0.29, 0.717) is 12.1 Å². The first-order valence-electron chi connectivity index (χ1n) is 9.34. The molecule has 1 rings (SSSR count). The number of ether oxygens (including phenoxy) is 1. The standard InChI is InChI=1S/C20H31N3O5/c1-6-7-12-21-18(26)17(14-8-10-15(24)11-9-14)23(5)16(25)13-22-19(27)28-20(2,3)4/h8-11,17,24H,6-7,12-13H2,1-5H3,(H,21,26)(H,22,27). The highest BCUT2D eigenvalue weighted by Crippen LogP contribution is 2.22. The average molecular weight is 393 g/mol. The number of hydrogen-bond acceptors (Lipinski definition) is 5. The van der Waals surface area contributed by atoms with E-state index in [1.54, 1.807) is 32.9 Å². The second-order valence-electron chi connectivity index (χ2n) is 7.50. The number of nitrogens with one attached hydrogen (secondary N) is 2. The van der Waals surface area contributed by atoms with Crippen molar-refractivity contribution in [3.8, 4) is 5.75 Å². The number of aromatic hydroxyl groups is 1. The van der Waals surface area contributed by atoms with E-state index in [0.717, 1.165) is 12.8 Å². The minimum atomic E-state index is -0.884. The molecule has 0 aliphatic rings. The third kappa shape index (κ3) is 7.85. The van der Waals surface area contributed by atoms with Crippen LogP contribution in [-0.4, -0.2) is 53.7 Å². The average Bonchev–Trinajstić information content (AvgIpc) is 2.60. The third-order valence-electron chi connectivity index (χ3n) is 3.85. The van der Waals surface area contributed by atoms with Crippen molar-refractivity contribution >= 4 is 17.9 Å². The highest BCUT2D eigenvalue weighted by Gasteiger charge is 2.29. The van der Waals surface area contributed by atoms with Gasteiger partial charge < -0.3 is 25.4 Å². The zero-order chi connectivity index (χ0) is 21.3. The van der Waals surface area contributed by atoms with Crippen molar-refractivity contribution in [3.05, 3.63) is 29.8 Å². The minimum Gasteiger partial charge on any atom is -0.508 e. The molecule has 0 aliphatic carbocycles. The molecule has 0 saturated heterocycles. The molecule has 1 aromatic rings. The van der Waals surface area contributed by atoms with Gasteiger partial charge in [0, 0.05) is 13.6 Å². The fourth-order valence-electron chi connectivity index (χ4n) is 2.42. The van der Waals surface area contributed by atoms with E-state index < -0.39 is 23.6 Å². The summed E-state index contributed by atoms with van der Waals surface area (Å²) in [6.45, 7) is 7.39. The van der Waals surface area contributed by atoms with Crippen molar-refractivity contribution in [1.29, 1.82) is 0 Å². The minimum absolute atomic E-state index is 0.0643. The van der Waals surface area contributed by atoms with Gasteiger partial charge in [-0.25, -0.2) is 4.79 Å². The van der Waals surface area contributed by atoms with Crippen LogP contribution in [-0.2, 0) is 14.3 Å². The van der Waals surface area contributed by atoms with Crippen LogP contribution in [0.5, 0.6) is 5.75 Å². The van der Waals surface area contributed by atoms with Crippen LogP contribution in [0.15, 0.2) is 24.3 Å². The van der Waals surface area contributed by atoms with Gasteiger partial charge in [-0.3, -0.25) is 9.59 Å². The lowest BCUT2D eigenvalue weighted by molar-refractivity contribution is -0.138. The van der Waals surface area contributed by atoms with E-state index in [1.165, 1.54) is 24.1 Å². The lowest BCUT2D eigenvalue weighted by atomic mass is 10.0. The molecule has 0 aliphatic heterocycles. The molecule has 1 unspecified atom stereocenters. The lowest BCUT2D eigenvalue weighted by Gasteiger charge is -2.28. The Hall–Kier alpha value is -2.77. The highest BCUT2D eigenvalue weighted by atomic mass is 16.6. The normalized spacial score (nSPS) is 12.0. The largest absolute Gasteiger partial charge is 0.508 e. The van der Waals surface area contributed by atoms with Crippen molar-refractivity contribution in [1.82, 2.24) is 15.5 Å². The number of rotatable bonds is 8. The van der Waals surface area contributed by atoms with Crippen LogP contribution in [0.1, 0.15) is 52.1 Å². The topological polar surface area (TPSA) is 108 Å². The molecule has 8 nitrogen and oxygen atoms in total. The van der Waals surface area contributed by atoms with Crippen LogP contribution >= 0.6 is 0 Å². The molecule has 0 heterocycles. The van der Waals surface area contributed by atoms with Crippen LogP contribution < -0.4 is 10.6 Å². The van der Waals surface area contributed by atoms with Gasteiger partial charge in [0.25, 0.3) is 0 Å². The summed E-state index contributed by atoms with van der Waals surface area (Å²) in [6.07, 6.45) is 1.05. The Balaban J connectivity index is 2.86. The molecule has 0 bridgehead atoms. The fourth-order valence-corrected chi connectivity index (χ4v) is 2.42. The number of carbonyl (C=O) groups excluding carboxylic acids is 3. The Morgan fingerprint density at radius 1 is 1.14 bits per heavy atom. The summed E-state index contributed by atoms with van der Waals surface area (Å²) in [7, 11) is 1.50. The molecule has 3 N–H and O–H groups in total. The number of phenolic OH excluding ortho intramolecular Hbond substituents is 1. The Kier molecular flexibility index (Phi) is 8.76. The van der Waals surface area contributed by atoms with Gasteiger partial charge >= 0.3 is 6.09 Å². The summed E-state index contributed by atoms with van der Waals surface area (Å²) < 4.78 is 5.11. The molecule has 0 saturated carbocycles. The zero-order valence-electron chi connectivity index (χ0n) is 17.2. The molecule has 0 fully saturated rings.